The lowest BCUT2D eigenvalue weighted by Gasteiger charge is -2.37. The van der Waals surface area contributed by atoms with Gasteiger partial charge in [0.15, 0.2) is 9.84 Å². The van der Waals surface area contributed by atoms with Crippen molar-refractivity contribution >= 4 is 15.9 Å². The van der Waals surface area contributed by atoms with Crippen LogP contribution >= 0.6 is 0 Å². The molecule has 1 unspecified atom stereocenters. The number of rotatable bonds is 2. The van der Waals surface area contributed by atoms with E-state index in [9.17, 15) is 13.2 Å². The van der Waals surface area contributed by atoms with Crippen molar-refractivity contribution < 1.29 is 23.1 Å². The van der Waals surface area contributed by atoms with Gasteiger partial charge in [-0.1, -0.05) is 0 Å². The van der Waals surface area contributed by atoms with Crippen LogP contribution in [0.15, 0.2) is 0 Å². The molecule has 2 saturated heterocycles. The molecule has 1 N–H and O–H groups in total. The molecule has 0 aromatic carbocycles. The summed E-state index contributed by atoms with van der Waals surface area (Å²) in [5, 5.41) is 8.73. The Morgan fingerprint density at radius 2 is 2.19 bits per heavy atom. The predicted molar refractivity (Wildman–Crippen MR) is 55.8 cm³/mol. The first-order valence-corrected chi connectivity index (χ1v) is 7.08. The molecule has 2 rings (SSSR count). The van der Waals surface area contributed by atoms with E-state index in [4.69, 9.17) is 9.84 Å². The van der Waals surface area contributed by atoms with Crippen LogP contribution in [0.2, 0.25) is 0 Å². The van der Waals surface area contributed by atoms with E-state index in [1.165, 1.54) is 4.90 Å². The number of β-amino-alcohol motifs (C(OH)–C–C–N with tert-alkyl or cyclic N) is 1. The van der Waals surface area contributed by atoms with Crippen molar-refractivity contribution in [3.05, 3.63) is 0 Å². The molecule has 6 nitrogen and oxygen atoms in total. The molecule has 0 aliphatic carbocycles. The fourth-order valence-corrected chi connectivity index (χ4v) is 4.20. The molecule has 2 aliphatic heterocycles. The summed E-state index contributed by atoms with van der Waals surface area (Å²) in [6, 6.07) is 0. The minimum absolute atomic E-state index is 0.0568. The van der Waals surface area contributed by atoms with Gasteiger partial charge in [-0.2, -0.15) is 0 Å². The SMILES string of the molecule is O=C1OC2(CCN1CCO)CCS(=O)(=O)C2. The van der Waals surface area contributed by atoms with Crippen molar-refractivity contribution in [1.29, 1.82) is 0 Å². The molecular weight excluding hydrogens is 234 g/mol. The number of hydrogen-bond acceptors (Lipinski definition) is 5. The third kappa shape index (κ3) is 2.15. The van der Waals surface area contributed by atoms with Gasteiger partial charge < -0.3 is 14.7 Å². The summed E-state index contributed by atoms with van der Waals surface area (Å²) < 4.78 is 28.0. The summed E-state index contributed by atoms with van der Waals surface area (Å²) in [6.45, 7) is 0.580. The molecule has 0 aromatic rings. The topological polar surface area (TPSA) is 83.9 Å². The maximum absolute atomic E-state index is 11.6. The van der Waals surface area contributed by atoms with Gasteiger partial charge in [0.2, 0.25) is 0 Å². The number of carbonyl (C=O) groups excluding carboxylic acids is 1. The van der Waals surface area contributed by atoms with E-state index in [1.807, 2.05) is 0 Å². The zero-order chi connectivity index (χ0) is 11.8. The van der Waals surface area contributed by atoms with Gasteiger partial charge in [-0.05, 0) is 0 Å². The number of hydrogen-bond donors (Lipinski definition) is 1. The number of aliphatic hydroxyl groups excluding tert-OH is 1. The van der Waals surface area contributed by atoms with E-state index in [2.05, 4.69) is 0 Å². The normalized spacial score (nSPS) is 33.1. The number of aliphatic hydroxyl groups is 1. The Balaban J connectivity index is 2.05. The maximum Gasteiger partial charge on any atom is 0.410 e. The zero-order valence-corrected chi connectivity index (χ0v) is 9.70. The number of sulfone groups is 1. The minimum Gasteiger partial charge on any atom is -0.442 e. The molecule has 16 heavy (non-hydrogen) atoms. The molecule has 2 heterocycles. The highest BCUT2D eigenvalue weighted by Gasteiger charge is 2.48. The molecule has 0 radical (unpaired) electrons. The van der Waals surface area contributed by atoms with Crippen LogP contribution in [0.4, 0.5) is 4.79 Å². The summed E-state index contributed by atoms with van der Waals surface area (Å²) >= 11 is 0. The Morgan fingerprint density at radius 1 is 1.44 bits per heavy atom. The van der Waals surface area contributed by atoms with Crippen molar-refractivity contribution in [2.24, 2.45) is 0 Å². The van der Waals surface area contributed by atoms with Crippen LogP contribution in [-0.4, -0.2) is 61.3 Å². The highest BCUT2D eigenvalue weighted by atomic mass is 32.2. The van der Waals surface area contributed by atoms with Crippen LogP contribution in [0, 0.1) is 0 Å². The fourth-order valence-electron chi connectivity index (χ4n) is 2.22. The third-order valence-electron chi connectivity index (χ3n) is 3.12. The average Bonchev–Trinajstić information content (AvgIpc) is 2.48. The standard InChI is InChI=1S/C9H15NO5S/c11-5-4-10-3-1-9(15-8(10)12)2-6-16(13,14)7-9/h11H,1-7H2. The van der Waals surface area contributed by atoms with E-state index in [1.54, 1.807) is 0 Å². The highest BCUT2D eigenvalue weighted by Crippen LogP contribution is 2.34. The average molecular weight is 249 g/mol. The first-order valence-electron chi connectivity index (χ1n) is 5.26. The number of amides is 1. The van der Waals surface area contributed by atoms with Crippen LogP contribution in [0.1, 0.15) is 12.8 Å². The van der Waals surface area contributed by atoms with Gasteiger partial charge in [-0.3, -0.25) is 0 Å². The summed E-state index contributed by atoms with van der Waals surface area (Å²) in [5.74, 6) is 0.0407. The van der Waals surface area contributed by atoms with Crippen LogP contribution < -0.4 is 0 Å². The summed E-state index contributed by atoms with van der Waals surface area (Å²) in [4.78, 5) is 13.0. The van der Waals surface area contributed by atoms with Crippen LogP contribution in [-0.2, 0) is 14.6 Å². The highest BCUT2D eigenvalue weighted by molar-refractivity contribution is 7.91. The quantitative estimate of drug-likeness (QED) is 0.705. The Morgan fingerprint density at radius 3 is 2.69 bits per heavy atom. The molecule has 1 spiro atoms. The fraction of sp³-hybridized carbons (Fsp3) is 0.889. The Hall–Kier alpha value is -0.820. The Kier molecular flexibility index (Phi) is 2.83. The Labute approximate surface area is 94.1 Å². The predicted octanol–water partition coefficient (Wildman–Crippen LogP) is -0.622. The monoisotopic (exact) mass is 249 g/mol. The molecule has 2 fully saturated rings. The van der Waals surface area contributed by atoms with Gasteiger partial charge in [0, 0.05) is 25.9 Å². The van der Waals surface area contributed by atoms with Crippen molar-refractivity contribution in [1.82, 2.24) is 4.90 Å². The zero-order valence-electron chi connectivity index (χ0n) is 8.89. The second-order valence-electron chi connectivity index (χ2n) is 4.35. The largest absolute Gasteiger partial charge is 0.442 e. The lowest BCUT2D eigenvalue weighted by Crippen LogP contribution is -2.50. The van der Waals surface area contributed by atoms with Crippen molar-refractivity contribution in [3.8, 4) is 0 Å². The molecule has 0 saturated carbocycles. The van der Waals surface area contributed by atoms with Gasteiger partial charge in [-0.25, -0.2) is 13.2 Å². The maximum atomic E-state index is 11.6. The lowest BCUT2D eigenvalue weighted by atomic mass is 9.97. The van der Waals surface area contributed by atoms with Gasteiger partial charge in [0.1, 0.15) is 5.60 Å². The second kappa shape index (κ2) is 3.89. The van der Waals surface area contributed by atoms with E-state index in [0.29, 0.717) is 19.4 Å². The van der Waals surface area contributed by atoms with Gasteiger partial charge in [0.05, 0.1) is 18.1 Å². The number of carbonyl (C=O) groups is 1. The molecule has 0 aromatic heterocycles. The first-order chi connectivity index (χ1) is 7.46. The van der Waals surface area contributed by atoms with Crippen molar-refractivity contribution in [2.45, 2.75) is 18.4 Å². The van der Waals surface area contributed by atoms with E-state index in [0.717, 1.165) is 0 Å². The van der Waals surface area contributed by atoms with E-state index in [-0.39, 0.29) is 24.7 Å². The van der Waals surface area contributed by atoms with Crippen molar-refractivity contribution in [2.75, 3.05) is 31.2 Å². The molecule has 2 aliphatic rings. The molecular formula is C9H15NO5S. The first kappa shape index (κ1) is 11.7. The summed E-state index contributed by atoms with van der Waals surface area (Å²) in [7, 11) is -3.05. The molecule has 1 atom stereocenters. The van der Waals surface area contributed by atoms with Gasteiger partial charge in [-0.15, -0.1) is 0 Å². The van der Waals surface area contributed by atoms with Gasteiger partial charge >= 0.3 is 6.09 Å². The lowest BCUT2D eigenvalue weighted by molar-refractivity contribution is -0.0347. The molecule has 7 heteroatoms. The van der Waals surface area contributed by atoms with Crippen LogP contribution in [0.25, 0.3) is 0 Å². The van der Waals surface area contributed by atoms with Crippen molar-refractivity contribution in [3.63, 3.8) is 0 Å². The molecule has 0 bridgehead atoms. The number of ether oxygens (including phenoxy) is 1. The third-order valence-corrected chi connectivity index (χ3v) is 4.91. The van der Waals surface area contributed by atoms with E-state index >= 15 is 0 Å². The summed E-state index contributed by atoms with van der Waals surface area (Å²) in [5.41, 5.74) is -0.804. The minimum atomic E-state index is -3.05. The number of nitrogens with zero attached hydrogens (tertiary/aromatic N) is 1. The van der Waals surface area contributed by atoms with Gasteiger partial charge in [0.25, 0.3) is 0 Å². The van der Waals surface area contributed by atoms with Crippen LogP contribution in [0.5, 0.6) is 0 Å². The second-order valence-corrected chi connectivity index (χ2v) is 6.54. The summed E-state index contributed by atoms with van der Waals surface area (Å²) in [6.07, 6.45) is 0.406. The molecule has 92 valence electrons. The van der Waals surface area contributed by atoms with E-state index < -0.39 is 21.5 Å². The molecule has 1 amide bonds. The Bertz CT molecular complexity index is 393. The smallest absolute Gasteiger partial charge is 0.410 e. The van der Waals surface area contributed by atoms with Crippen LogP contribution in [0.3, 0.4) is 0 Å².